The van der Waals surface area contributed by atoms with E-state index in [4.69, 9.17) is 16.3 Å². The highest BCUT2D eigenvalue weighted by atomic mass is 35.5. The van der Waals surface area contributed by atoms with Gasteiger partial charge < -0.3 is 20.3 Å². The van der Waals surface area contributed by atoms with Crippen LogP contribution in [-0.4, -0.2) is 55.7 Å². The molecule has 4 rings (SSSR count). The van der Waals surface area contributed by atoms with Crippen LogP contribution in [0.3, 0.4) is 0 Å². The summed E-state index contributed by atoms with van der Waals surface area (Å²) in [5.41, 5.74) is 3.05. The smallest absolute Gasteiger partial charge is 0.427 e. The van der Waals surface area contributed by atoms with Crippen LogP contribution < -0.4 is 15.4 Å². The van der Waals surface area contributed by atoms with Crippen molar-refractivity contribution in [1.29, 1.82) is 0 Å². The Labute approximate surface area is 249 Å². The summed E-state index contributed by atoms with van der Waals surface area (Å²) in [5, 5.41) is 6.28. The molecule has 0 radical (unpaired) electrons. The Morgan fingerprint density at radius 1 is 0.952 bits per heavy atom. The molecule has 0 aliphatic carbocycles. The number of carbonyl (C=O) groups is 2. The number of hydrogen-bond acceptors (Lipinski definition) is 4. The number of amides is 2. The first kappa shape index (κ1) is 31.4. The van der Waals surface area contributed by atoms with Gasteiger partial charge in [-0.15, -0.1) is 0 Å². The SMILES string of the molecule is Cc1ccc(C2CCN(CCCCNC(=O)c3ccc(NC(=O)c4ccc(Cl)cc4)cc3)CC2)c(OC(F)(F)CF)c1. The zero-order valence-electron chi connectivity index (χ0n) is 23.5. The molecule has 1 saturated heterocycles. The van der Waals surface area contributed by atoms with Crippen molar-refractivity contribution in [2.45, 2.75) is 44.6 Å². The second-order valence-electron chi connectivity index (χ2n) is 10.5. The predicted octanol–water partition coefficient (Wildman–Crippen LogP) is 7.23. The van der Waals surface area contributed by atoms with Crippen LogP contribution in [0.15, 0.2) is 66.7 Å². The molecule has 0 bridgehead atoms. The number of likely N-dealkylation sites (tertiary alicyclic amines) is 1. The van der Waals surface area contributed by atoms with E-state index in [9.17, 15) is 22.8 Å². The molecule has 1 heterocycles. The number of hydrogen-bond donors (Lipinski definition) is 2. The molecule has 6 nitrogen and oxygen atoms in total. The number of nitrogens with one attached hydrogen (secondary N) is 2. The highest BCUT2D eigenvalue weighted by Gasteiger charge is 2.34. The molecule has 0 atom stereocenters. The fourth-order valence-corrected chi connectivity index (χ4v) is 5.12. The first-order chi connectivity index (χ1) is 20.1. The van der Waals surface area contributed by atoms with Crippen molar-refractivity contribution in [3.05, 3.63) is 94.0 Å². The number of benzene rings is 3. The van der Waals surface area contributed by atoms with Crippen LogP contribution in [0.1, 0.15) is 63.4 Å². The lowest BCUT2D eigenvalue weighted by atomic mass is 9.88. The highest BCUT2D eigenvalue weighted by Crippen LogP contribution is 2.37. The van der Waals surface area contributed by atoms with E-state index in [1.165, 1.54) is 0 Å². The standard InChI is InChI=1S/C32H35ClF3N3O3/c1-22-4-13-28(29(20-22)42-32(35,36)21-34)23-14-18-39(19-15-23)17-3-2-16-37-30(40)24-7-11-27(12-8-24)38-31(41)25-5-9-26(33)10-6-25/h4-13,20,23H,2-3,14-19,21H2,1H3,(H,37,40)(H,38,41). The Morgan fingerprint density at radius 2 is 1.60 bits per heavy atom. The summed E-state index contributed by atoms with van der Waals surface area (Å²) in [5.74, 6) is -0.311. The molecule has 1 aliphatic heterocycles. The van der Waals surface area contributed by atoms with Gasteiger partial charge in [-0.25, -0.2) is 4.39 Å². The van der Waals surface area contributed by atoms with Gasteiger partial charge in [0.15, 0.2) is 6.67 Å². The fourth-order valence-electron chi connectivity index (χ4n) is 5.00. The number of rotatable bonds is 12. The second-order valence-corrected chi connectivity index (χ2v) is 11.0. The van der Waals surface area contributed by atoms with Crippen molar-refractivity contribution in [2.24, 2.45) is 0 Å². The Morgan fingerprint density at radius 3 is 2.26 bits per heavy atom. The number of aryl methyl sites for hydroxylation is 1. The minimum atomic E-state index is -3.84. The molecule has 42 heavy (non-hydrogen) atoms. The number of halogens is 4. The van der Waals surface area contributed by atoms with Gasteiger partial charge in [-0.05, 0) is 124 Å². The van der Waals surface area contributed by atoms with Gasteiger partial charge in [0.2, 0.25) is 0 Å². The van der Waals surface area contributed by atoms with Crippen LogP contribution in [0.5, 0.6) is 5.75 Å². The fraction of sp³-hybridized carbons (Fsp3) is 0.375. The van der Waals surface area contributed by atoms with Crippen molar-refractivity contribution in [3.63, 3.8) is 0 Å². The maximum Gasteiger partial charge on any atom is 0.427 e. The van der Waals surface area contributed by atoms with E-state index >= 15 is 0 Å². The maximum atomic E-state index is 13.6. The van der Waals surface area contributed by atoms with E-state index in [1.807, 2.05) is 12.1 Å². The topological polar surface area (TPSA) is 70.7 Å². The number of ether oxygens (including phenoxy) is 1. The van der Waals surface area contributed by atoms with Gasteiger partial charge >= 0.3 is 6.11 Å². The Kier molecular flexibility index (Phi) is 10.9. The second kappa shape index (κ2) is 14.6. The highest BCUT2D eigenvalue weighted by molar-refractivity contribution is 6.30. The summed E-state index contributed by atoms with van der Waals surface area (Å²) in [6, 6.07) is 18.5. The lowest BCUT2D eigenvalue weighted by Crippen LogP contribution is -2.34. The van der Waals surface area contributed by atoms with Crippen LogP contribution in [-0.2, 0) is 0 Å². The Bertz CT molecular complexity index is 1350. The van der Waals surface area contributed by atoms with Crippen LogP contribution in [0, 0.1) is 6.92 Å². The summed E-state index contributed by atoms with van der Waals surface area (Å²) < 4.78 is 44.6. The van der Waals surface area contributed by atoms with Crippen molar-refractivity contribution in [1.82, 2.24) is 10.2 Å². The van der Waals surface area contributed by atoms with E-state index in [2.05, 4.69) is 15.5 Å². The van der Waals surface area contributed by atoms with Gasteiger partial charge in [-0.2, -0.15) is 8.78 Å². The molecular formula is C32H35ClF3N3O3. The van der Waals surface area contributed by atoms with Gasteiger partial charge in [-0.3, -0.25) is 9.59 Å². The summed E-state index contributed by atoms with van der Waals surface area (Å²) in [7, 11) is 0. The van der Waals surface area contributed by atoms with Crippen molar-refractivity contribution in [2.75, 3.05) is 38.2 Å². The molecular weight excluding hydrogens is 567 g/mol. The number of nitrogens with zero attached hydrogens (tertiary/aromatic N) is 1. The van der Waals surface area contributed by atoms with Gasteiger partial charge in [0.25, 0.3) is 11.8 Å². The summed E-state index contributed by atoms with van der Waals surface area (Å²) in [4.78, 5) is 27.2. The van der Waals surface area contributed by atoms with E-state index in [0.717, 1.165) is 50.9 Å². The van der Waals surface area contributed by atoms with Crippen molar-refractivity contribution in [3.8, 4) is 5.75 Å². The van der Waals surface area contributed by atoms with E-state index < -0.39 is 12.8 Å². The van der Waals surface area contributed by atoms with Crippen molar-refractivity contribution >= 4 is 29.1 Å². The molecule has 3 aromatic carbocycles. The number of anilines is 1. The van der Waals surface area contributed by atoms with Crippen LogP contribution >= 0.6 is 11.6 Å². The van der Waals surface area contributed by atoms with Gasteiger partial charge in [-0.1, -0.05) is 23.7 Å². The number of piperidine rings is 1. The number of unbranched alkanes of at least 4 members (excludes halogenated alkanes) is 1. The third-order valence-corrected chi connectivity index (χ3v) is 7.56. The Balaban J connectivity index is 1.15. The first-order valence-corrected chi connectivity index (χ1v) is 14.4. The van der Waals surface area contributed by atoms with E-state index in [0.29, 0.717) is 33.9 Å². The van der Waals surface area contributed by atoms with E-state index in [1.54, 1.807) is 61.5 Å². The molecule has 1 fully saturated rings. The lowest BCUT2D eigenvalue weighted by molar-refractivity contribution is -0.186. The predicted molar refractivity (Wildman–Crippen MR) is 159 cm³/mol. The molecule has 0 saturated carbocycles. The largest absolute Gasteiger partial charge is 0.430 e. The zero-order chi connectivity index (χ0) is 30.1. The van der Waals surface area contributed by atoms with Gasteiger partial charge in [0.05, 0.1) is 0 Å². The molecule has 2 amide bonds. The monoisotopic (exact) mass is 601 g/mol. The average molecular weight is 602 g/mol. The molecule has 0 spiro atoms. The minimum absolute atomic E-state index is 0.0594. The molecule has 3 aromatic rings. The summed E-state index contributed by atoms with van der Waals surface area (Å²) >= 11 is 5.86. The van der Waals surface area contributed by atoms with Gasteiger partial charge in [0.1, 0.15) is 5.75 Å². The maximum absolute atomic E-state index is 13.6. The van der Waals surface area contributed by atoms with E-state index in [-0.39, 0.29) is 23.5 Å². The van der Waals surface area contributed by atoms with Crippen LogP contribution in [0.25, 0.3) is 0 Å². The molecule has 2 N–H and O–H groups in total. The first-order valence-electron chi connectivity index (χ1n) is 14.0. The summed E-state index contributed by atoms with van der Waals surface area (Å²) in [6.45, 7) is 2.99. The average Bonchev–Trinajstić information content (AvgIpc) is 2.98. The third-order valence-electron chi connectivity index (χ3n) is 7.31. The number of alkyl halides is 3. The van der Waals surface area contributed by atoms with Crippen molar-refractivity contribution < 1.29 is 27.5 Å². The van der Waals surface area contributed by atoms with Crippen LogP contribution in [0.4, 0.5) is 18.9 Å². The lowest BCUT2D eigenvalue weighted by Gasteiger charge is -2.33. The Hall–Kier alpha value is -3.56. The number of carbonyl (C=O) groups excluding carboxylic acids is 2. The molecule has 0 aromatic heterocycles. The molecule has 1 aliphatic rings. The molecule has 0 unspecified atom stereocenters. The quantitative estimate of drug-likeness (QED) is 0.215. The normalized spacial score (nSPS) is 14.4. The summed E-state index contributed by atoms with van der Waals surface area (Å²) in [6.07, 6.45) is -0.517. The molecule has 10 heteroatoms. The zero-order valence-corrected chi connectivity index (χ0v) is 24.2. The minimum Gasteiger partial charge on any atom is -0.430 e. The third kappa shape index (κ3) is 8.97. The molecule has 224 valence electrons. The van der Waals surface area contributed by atoms with Crippen LogP contribution in [0.2, 0.25) is 5.02 Å². The van der Waals surface area contributed by atoms with Gasteiger partial charge in [0, 0.05) is 28.4 Å².